The van der Waals surface area contributed by atoms with Crippen molar-refractivity contribution >= 4 is 11.9 Å². The third-order valence-electron chi connectivity index (χ3n) is 4.96. The third-order valence-corrected chi connectivity index (χ3v) is 4.96. The van der Waals surface area contributed by atoms with Crippen molar-refractivity contribution in [2.24, 2.45) is 0 Å². The second-order valence-corrected chi connectivity index (χ2v) is 7.13. The van der Waals surface area contributed by atoms with E-state index in [4.69, 9.17) is 4.74 Å². The molecule has 1 N–H and O–H groups in total. The van der Waals surface area contributed by atoms with Crippen LogP contribution in [0.5, 0.6) is 0 Å². The normalized spacial score (nSPS) is 14.4. The number of ether oxygens (including phenoxy) is 1. The Morgan fingerprint density at radius 3 is 2.38 bits per heavy atom. The van der Waals surface area contributed by atoms with E-state index in [2.05, 4.69) is 5.32 Å². The smallest absolute Gasteiger partial charge is 0.339 e. The molecule has 0 saturated heterocycles. The number of rotatable bonds is 5. The van der Waals surface area contributed by atoms with Crippen molar-refractivity contribution in [1.82, 2.24) is 9.88 Å². The molecule has 154 valence electrons. The first-order chi connectivity index (χ1) is 13.9. The Kier molecular flexibility index (Phi) is 6.41. The summed E-state index contributed by atoms with van der Waals surface area (Å²) >= 11 is 0. The second kappa shape index (κ2) is 8.98. The number of hydrogen-bond donors (Lipinski definition) is 1. The van der Waals surface area contributed by atoms with Crippen LogP contribution in [-0.4, -0.2) is 29.6 Å². The van der Waals surface area contributed by atoms with Crippen molar-refractivity contribution in [3.05, 3.63) is 58.0 Å². The van der Waals surface area contributed by atoms with Crippen LogP contribution in [-0.2, 0) is 16.1 Å². The molecule has 1 fully saturated rings. The summed E-state index contributed by atoms with van der Waals surface area (Å²) in [5, 5.41) is 2.90. The highest BCUT2D eigenvalue weighted by Crippen LogP contribution is 2.20. The van der Waals surface area contributed by atoms with E-state index < -0.39 is 23.2 Å². The summed E-state index contributed by atoms with van der Waals surface area (Å²) in [6.45, 7) is -0.315. The topological polar surface area (TPSA) is 77.4 Å². The first kappa shape index (κ1) is 20.7. The summed E-state index contributed by atoms with van der Waals surface area (Å²) < 4.78 is 33.0. The van der Waals surface area contributed by atoms with Gasteiger partial charge in [0.05, 0.1) is 12.7 Å². The van der Waals surface area contributed by atoms with Gasteiger partial charge in [0, 0.05) is 23.9 Å². The van der Waals surface area contributed by atoms with E-state index in [0.717, 1.165) is 48.8 Å². The van der Waals surface area contributed by atoms with Gasteiger partial charge in [0.15, 0.2) is 0 Å². The number of carbonyl (C=O) groups excluding carboxylic acids is 2. The highest BCUT2D eigenvalue weighted by atomic mass is 19.1. The third kappa shape index (κ3) is 5.07. The summed E-state index contributed by atoms with van der Waals surface area (Å²) in [6, 6.07) is 3.94. The molecule has 0 radical (unpaired) electrons. The van der Waals surface area contributed by atoms with Crippen LogP contribution < -0.4 is 10.9 Å². The molecule has 0 bridgehead atoms. The Bertz CT molecular complexity index is 961. The van der Waals surface area contributed by atoms with Crippen molar-refractivity contribution < 1.29 is 23.1 Å². The van der Waals surface area contributed by atoms with Gasteiger partial charge in [0.1, 0.15) is 18.2 Å². The van der Waals surface area contributed by atoms with Crippen molar-refractivity contribution in [2.45, 2.75) is 44.7 Å². The van der Waals surface area contributed by atoms with Gasteiger partial charge in [-0.25, -0.2) is 13.6 Å². The number of benzene rings is 1. The van der Waals surface area contributed by atoms with Crippen LogP contribution in [0.2, 0.25) is 0 Å². The minimum absolute atomic E-state index is 0.00256. The van der Waals surface area contributed by atoms with Crippen LogP contribution in [0, 0.1) is 11.6 Å². The number of hydrogen-bond acceptors (Lipinski definition) is 4. The Balaban J connectivity index is 1.96. The number of carbonyl (C=O) groups is 2. The predicted molar refractivity (Wildman–Crippen MR) is 102 cm³/mol. The molecular weight excluding hydrogens is 382 g/mol. The summed E-state index contributed by atoms with van der Waals surface area (Å²) in [4.78, 5) is 37.3. The van der Waals surface area contributed by atoms with Gasteiger partial charge in [0.25, 0.3) is 5.56 Å². The number of nitrogens with one attached hydrogen (secondary N) is 1. The number of halogens is 2. The van der Waals surface area contributed by atoms with E-state index in [9.17, 15) is 23.2 Å². The monoisotopic (exact) mass is 404 g/mol. The highest BCUT2D eigenvalue weighted by Gasteiger charge is 2.19. The molecular formula is C21H22F2N2O4. The average Bonchev–Trinajstić information content (AvgIpc) is 2.68. The van der Waals surface area contributed by atoms with Crippen LogP contribution >= 0.6 is 0 Å². The van der Waals surface area contributed by atoms with E-state index in [1.165, 1.54) is 19.4 Å². The Labute approximate surface area is 166 Å². The van der Waals surface area contributed by atoms with E-state index >= 15 is 0 Å². The number of esters is 1. The summed E-state index contributed by atoms with van der Waals surface area (Å²) in [5.41, 5.74) is -0.768. The van der Waals surface area contributed by atoms with Crippen molar-refractivity contribution in [1.29, 1.82) is 0 Å². The molecule has 1 aliphatic carbocycles. The number of pyridine rings is 1. The van der Waals surface area contributed by atoms with Gasteiger partial charge in [-0.2, -0.15) is 0 Å². The Hall–Kier alpha value is -3.03. The molecule has 1 aromatic carbocycles. The first-order valence-corrected chi connectivity index (χ1v) is 9.46. The molecule has 6 nitrogen and oxygen atoms in total. The minimum atomic E-state index is -0.857. The molecule has 1 amide bonds. The molecule has 2 aromatic rings. The van der Waals surface area contributed by atoms with E-state index in [1.54, 1.807) is 0 Å². The molecule has 0 unspecified atom stereocenters. The maximum Gasteiger partial charge on any atom is 0.339 e. The number of amides is 1. The number of methoxy groups -OCH3 is 1. The van der Waals surface area contributed by atoms with E-state index in [0.29, 0.717) is 6.07 Å². The SMILES string of the molecule is COC(=O)c1cc(-c2cc(F)cc(F)c2)c(=O)n(CC(=O)NC2CCCCC2)c1. The van der Waals surface area contributed by atoms with Crippen LogP contribution in [0.3, 0.4) is 0 Å². The molecule has 0 aliphatic heterocycles. The van der Waals surface area contributed by atoms with Crippen molar-refractivity contribution in [2.75, 3.05) is 7.11 Å². The molecule has 1 heterocycles. The lowest BCUT2D eigenvalue weighted by atomic mass is 9.95. The fourth-order valence-corrected chi connectivity index (χ4v) is 3.57. The van der Waals surface area contributed by atoms with Gasteiger partial charge in [-0.3, -0.25) is 9.59 Å². The van der Waals surface area contributed by atoms with Crippen LogP contribution in [0.15, 0.2) is 35.3 Å². The van der Waals surface area contributed by atoms with E-state index in [-0.39, 0.29) is 35.2 Å². The number of aromatic nitrogens is 1. The zero-order valence-corrected chi connectivity index (χ0v) is 16.0. The van der Waals surface area contributed by atoms with Crippen LogP contribution in [0.4, 0.5) is 8.78 Å². The summed E-state index contributed by atoms with van der Waals surface area (Å²) in [7, 11) is 1.18. The minimum Gasteiger partial charge on any atom is -0.465 e. The van der Waals surface area contributed by atoms with Gasteiger partial charge >= 0.3 is 5.97 Å². The summed E-state index contributed by atoms with van der Waals surface area (Å²) in [5.74, 6) is -2.81. The van der Waals surface area contributed by atoms with Crippen LogP contribution in [0.25, 0.3) is 11.1 Å². The molecule has 0 spiro atoms. The van der Waals surface area contributed by atoms with Crippen LogP contribution in [0.1, 0.15) is 42.5 Å². The fraction of sp³-hybridized carbons (Fsp3) is 0.381. The van der Waals surface area contributed by atoms with Crippen molar-refractivity contribution in [3.8, 4) is 11.1 Å². The largest absolute Gasteiger partial charge is 0.465 e. The molecule has 8 heteroatoms. The lowest BCUT2D eigenvalue weighted by Crippen LogP contribution is -2.40. The average molecular weight is 404 g/mol. The molecule has 1 saturated carbocycles. The van der Waals surface area contributed by atoms with Gasteiger partial charge in [-0.1, -0.05) is 19.3 Å². The predicted octanol–water partition coefficient (Wildman–Crippen LogP) is 3.03. The number of nitrogens with zero attached hydrogens (tertiary/aromatic N) is 1. The van der Waals surface area contributed by atoms with E-state index in [1.807, 2.05) is 0 Å². The van der Waals surface area contributed by atoms with Gasteiger partial charge in [-0.15, -0.1) is 0 Å². The molecule has 0 atom stereocenters. The lowest BCUT2D eigenvalue weighted by molar-refractivity contribution is -0.122. The fourth-order valence-electron chi connectivity index (χ4n) is 3.57. The second-order valence-electron chi connectivity index (χ2n) is 7.13. The van der Waals surface area contributed by atoms with Gasteiger partial charge in [0.2, 0.25) is 5.91 Å². The zero-order chi connectivity index (χ0) is 21.0. The van der Waals surface area contributed by atoms with Crippen molar-refractivity contribution in [3.63, 3.8) is 0 Å². The molecule has 3 rings (SSSR count). The maximum atomic E-state index is 13.6. The standard InChI is InChI=1S/C21H22F2N2O4/c1-29-21(28)14-9-18(13-7-15(22)10-16(23)8-13)20(27)25(11-14)12-19(26)24-17-5-3-2-4-6-17/h7-11,17H,2-6,12H2,1H3,(H,24,26). The molecule has 1 aliphatic rings. The quantitative estimate of drug-likeness (QED) is 0.777. The molecule has 1 aromatic heterocycles. The first-order valence-electron chi connectivity index (χ1n) is 9.46. The Morgan fingerprint density at radius 2 is 1.76 bits per heavy atom. The zero-order valence-electron chi connectivity index (χ0n) is 16.0. The Morgan fingerprint density at radius 1 is 1.10 bits per heavy atom. The maximum absolute atomic E-state index is 13.6. The highest BCUT2D eigenvalue weighted by molar-refractivity contribution is 5.90. The van der Waals surface area contributed by atoms with Gasteiger partial charge < -0.3 is 14.6 Å². The van der Waals surface area contributed by atoms with Gasteiger partial charge in [-0.05, 0) is 36.6 Å². The lowest BCUT2D eigenvalue weighted by Gasteiger charge is -2.23. The summed E-state index contributed by atoms with van der Waals surface area (Å²) in [6.07, 6.45) is 6.21. The molecule has 29 heavy (non-hydrogen) atoms.